The molecule has 5 nitrogen and oxygen atoms in total. The Morgan fingerprint density at radius 3 is 2.73 bits per heavy atom. The third-order valence-electron chi connectivity index (χ3n) is 3.75. The maximum Gasteiger partial charge on any atom is 0.317 e. The molecular formula is C16H26N2O3S. The highest BCUT2D eigenvalue weighted by Crippen LogP contribution is 2.26. The number of carbonyl (C=O) groups excluding carboxylic acids is 1. The highest BCUT2D eigenvalue weighted by Gasteiger charge is 2.32. The van der Waals surface area contributed by atoms with Gasteiger partial charge in [0.25, 0.3) is 0 Å². The largest absolute Gasteiger partial charge is 0.348 e. The number of ether oxygens (including phenoxy) is 2. The van der Waals surface area contributed by atoms with Gasteiger partial charge in [0.1, 0.15) is 0 Å². The van der Waals surface area contributed by atoms with Crippen molar-refractivity contribution in [1.82, 2.24) is 10.2 Å². The van der Waals surface area contributed by atoms with Gasteiger partial charge in [-0.25, -0.2) is 4.79 Å². The molecule has 1 aliphatic rings. The second-order valence-electron chi connectivity index (χ2n) is 6.19. The first-order valence-electron chi connectivity index (χ1n) is 7.70. The lowest BCUT2D eigenvalue weighted by Gasteiger charge is -2.26. The summed E-state index contributed by atoms with van der Waals surface area (Å²) in [4.78, 5) is 16.3. The summed E-state index contributed by atoms with van der Waals surface area (Å²) in [7, 11) is 1.82. The van der Waals surface area contributed by atoms with Crippen LogP contribution in [-0.4, -0.2) is 43.5 Å². The Hall–Kier alpha value is -1.11. The Morgan fingerprint density at radius 1 is 1.45 bits per heavy atom. The van der Waals surface area contributed by atoms with Gasteiger partial charge in [0.15, 0.2) is 5.79 Å². The van der Waals surface area contributed by atoms with Crippen LogP contribution in [0.15, 0.2) is 12.1 Å². The van der Waals surface area contributed by atoms with Crippen LogP contribution in [0.5, 0.6) is 0 Å². The number of thiophene rings is 1. The highest BCUT2D eigenvalue weighted by atomic mass is 32.1. The SMILES string of the molecule is Cc1ccc(CN(C)C(=O)NCC(C)CC2(C)OCCO2)s1. The molecule has 0 aliphatic carbocycles. The number of carbonyl (C=O) groups is 1. The molecule has 0 radical (unpaired) electrons. The summed E-state index contributed by atoms with van der Waals surface area (Å²) in [5, 5.41) is 2.98. The molecule has 0 saturated carbocycles. The van der Waals surface area contributed by atoms with Gasteiger partial charge >= 0.3 is 6.03 Å². The maximum atomic E-state index is 12.1. The molecule has 0 spiro atoms. The van der Waals surface area contributed by atoms with Crippen molar-refractivity contribution in [3.8, 4) is 0 Å². The summed E-state index contributed by atoms with van der Waals surface area (Å²) in [6, 6.07) is 4.11. The van der Waals surface area contributed by atoms with E-state index in [9.17, 15) is 4.79 Å². The van der Waals surface area contributed by atoms with Crippen molar-refractivity contribution >= 4 is 17.4 Å². The van der Waals surface area contributed by atoms with Gasteiger partial charge in [0.05, 0.1) is 19.8 Å². The number of hydrogen-bond acceptors (Lipinski definition) is 4. The Labute approximate surface area is 136 Å². The van der Waals surface area contributed by atoms with Crippen LogP contribution in [-0.2, 0) is 16.0 Å². The molecule has 124 valence electrons. The fraction of sp³-hybridized carbons (Fsp3) is 0.688. The monoisotopic (exact) mass is 326 g/mol. The second kappa shape index (κ2) is 7.44. The molecule has 2 rings (SSSR count). The number of nitrogens with one attached hydrogen (secondary N) is 1. The summed E-state index contributed by atoms with van der Waals surface area (Å²) in [5.74, 6) is -0.200. The minimum atomic E-state index is -0.495. The van der Waals surface area contributed by atoms with Crippen LogP contribution in [0.25, 0.3) is 0 Å². The van der Waals surface area contributed by atoms with E-state index in [1.54, 1.807) is 16.2 Å². The topological polar surface area (TPSA) is 50.8 Å². The summed E-state index contributed by atoms with van der Waals surface area (Å²) >= 11 is 1.72. The molecule has 1 atom stereocenters. The molecule has 1 saturated heterocycles. The van der Waals surface area contributed by atoms with Gasteiger partial charge in [0.2, 0.25) is 0 Å². The summed E-state index contributed by atoms with van der Waals surface area (Å²) < 4.78 is 11.2. The smallest absolute Gasteiger partial charge is 0.317 e. The van der Waals surface area contributed by atoms with Crippen LogP contribution in [0.4, 0.5) is 4.79 Å². The Balaban J connectivity index is 1.72. The first kappa shape index (κ1) is 17.2. The average Bonchev–Trinajstić information content (AvgIpc) is 3.05. The van der Waals surface area contributed by atoms with Crippen LogP contribution in [0.1, 0.15) is 30.0 Å². The Bertz CT molecular complexity index is 497. The number of rotatable bonds is 6. The molecule has 2 amide bonds. The van der Waals surface area contributed by atoms with Crippen molar-refractivity contribution in [3.05, 3.63) is 21.9 Å². The van der Waals surface area contributed by atoms with Crippen molar-refractivity contribution in [2.75, 3.05) is 26.8 Å². The number of aryl methyl sites for hydroxylation is 1. The van der Waals surface area contributed by atoms with Crippen LogP contribution in [0.3, 0.4) is 0 Å². The fourth-order valence-electron chi connectivity index (χ4n) is 2.65. The van der Waals surface area contributed by atoms with Gasteiger partial charge in [0, 0.05) is 29.8 Å². The quantitative estimate of drug-likeness (QED) is 0.874. The number of urea groups is 1. The van der Waals surface area contributed by atoms with E-state index in [0.29, 0.717) is 32.2 Å². The predicted octanol–water partition coefficient (Wildman–Crippen LogP) is 2.99. The highest BCUT2D eigenvalue weighted by molar-refractivity contribution is 7.11. The van der Waals surface area contributed by atoms with Gasteiger partial charge in [-0.2, -0.15) is 0 Å². The zero-order valence-electron chi connectivity index (χ0n) is 13.8. The van der Waals surface area contributed by atoms with E-state index in [2.05, 4.69) is 31.3 Å². The fourth-order valence-corrected chi connectivity index (χ4v) is 3.60. The Morgan fingerprint density at radius 2 is 2.14 bits per heavy atom. The van der Waals surface area contributed by atoms with Crippen LogP contribution in [0, 0.1) is 12.8 Å². The zero-order chi connectivity index (χ0) is 16.2. The van der Waals surface area contributed by atoms with Crippen molar-refractivity contribution in [3.63, 3.8) is 0 Å². The molecule has 2 heterocycles. The molecule has 1 N–H and O–H groups in total. The molecule has 1 aliphatic heterocycles. The lowest BCUT2D eigenvalue weighted by molar-refractivity contribution is -0.153. The normalized spacial score (nSPS) is 18.2. The first-order valence-corrected chi connectivity index (χ1v) is 8.52. The molecular weight excluding hydrogens is 300 g/mol. The lowest BCUT2D eigenvalue weighted by atomic mass is 10.0. The van der Waals surface area contributed by atoms with E-state index in [4.69, 9.17) is 9.47 Å². The maximum absolute atomic E-state index is 12.1. The minimum absolute atomic E-state index is 0.0451. The van der Waals surface area contributed by atoms with Gasteiger partial charge in [-0.15, -0.1) is 11.3 Å². The Kier molecular flexibility index (Phi) is 5.83. The van der Waals surface area contributed by atoms with Crippen molar-refractivity contribution < 1.29 is 14.3 Å². The number of hydrogen-bond donors (Lipinski definition) is 1. The molecule has 1 fully saturated rings. The molecule has 6 heteroatoms. The molecule has 0 bridgehead atoms. The van der Waals surface area contributed by atoms with E-state index < -0.39 is 5.79 Å². The second-order valence-corrected chi connectivity index (χ2v) is 7.57. The lowest BCUT2D eigenvalue weighted by Crippen LogP contribution is -2.40. The molecule has 22 heavy (non-hydrogen) atoms. The minimum Gasteiger partial charge on any atom is -0.348 e. The van der Waals surface area contributed by atoms with Crippen LogP contribution < -0.4 is 5.32 Å². The molecule has 1 aromatic rings. The summed E-state index contributed by atoms with van der Waals surface area (Å²) in [6.07, 6.45) is 0.779. The summed E-state index contributed by atoms with van der Waals surface area (Å²) in [5.41, 5.74) is 0. The number of nitrogens with zero attached hydrogens (tertiary/aromatic N) is 1. The standard InChI is InChI=1S/C16H26N2O3S/c1-12(9-16(3)20-7-8-21-16)10-17-15(19)18(4)11-14-6-5-13(2)22-14/h5-6,12H,7-11H2,1-4H3,(H,17,19). The van der Waals surface area contributed by atoms with Crippen molar-refractivity contribution in [2.45, 2.75) is 39.5 Å². The van der Waals surface area contributed by atoms with E-state index in [1.807, 2.05) is 14.0 Å². The van der Waals surface area contributed by atoms with E-state index in [-0.39, 0.29) is 6.03 Å². The summed E-state index contributed by atoms with van der Waals surface area (Å²) in [6.45, 7) is 8.70. The van der Waals surface area contributed by atoms with Crippen LogP contribution >= 0.6 is 11.3 Å². The van der Waals surface area contributed by atoms with E-state index in [1.165, 1.54) is 9.75 Å². The van der Waals surface area contributed by atoms with Crippen LogP contribution in [0.2, 0.25) is 0 Å². The van der Waals surface area contributed by atoms with Gasteiger partial charge in [-0.05, 0) is 31.9 Å². The molecule has 1 unspecified atom stereocenters. The van der Waals surface area contributed by atoms with Crippen molar-refractivity contribution in [2.24, 2.45) is 5.92 Å². The van der Waals surface area contributed by atoms with E-state index in [0.717, 1.165) is 6.42 Å². The van der Waals surface area contributed by atoms with Gasteiger partial charge in [-0.1, -0.05) is 6.92 Å². The van der Waals surface area contributed by atoms with Gasteiger partial charge < -0.3 is 19.7 Å². The third kappa shape index (κ3) is 4.97. The molecule has 0 aromatic carbocycles. The van der Waals surface area contributed by atoms with Crippen molar-refractivity contribution in [1.29, 1.82) is 0 Å². The third-order valence-corrected chi connectivity index (χ3v) is 4.74. The number of amides is 2. The zero-order valence-corrected chi connectivity index (χ0v) is 14.7. The predicted molar refractivity (Wildman–Crippen MR) is 88.0 cm³/mol. The average molecular weight is 326 g/mol. The first-order chi connectivity index (χ1) is 10.4. The van der Waals surface area contributed by atoms with Gasteiger partial charge in [-0.3, -0.25) is 0 Å². The van der Waals surface area contributed by atoms with E-state index >= 15 is 0 Å². The molecule has 1 aromatic heterocycles.